The highest BCUT2D eigenvalue weighted by molar-refractivity contribution is 6.22. The fourth-order valence-corrected chi connectivity index (χ4v) is 11.2. The van der Waals surface area contributed by atoms with Crippen LogP contribution in [0.2, 0.25) is 0 Å². The number of allylic oxidation sites excluding steroid dienone is 1. The average molecular weight is 817 g/mol. The predicted molar refractivity (Wildman–Crippen MR) is 269 cm³/mol. The summed E-state index contributed by atoms with van der Waals surface area (Å²) in [5.41, 5.74) is 18.3. The predicted octanol–water partition coefficient (Wildman–Crippen LogP) is 15.5. The van der Waals surface area contributed by atoms with Crippen molar-refractivity contribution < 1.29 is 0 Å². The lowest BCUT2D eigenvalue weighted by Gasteiger charge is -2.15. The maximum absolute atomic E-state index is 2.47. The molecule has 4 heteroatoms. The first-order valence-electron chi connectivity index (χ1n) is 22.3. The molecule has 64 heavy (non-hydrogen) atoms. The monoisotopic (exact) mass is 816 g/mol. The van der Waals surface area contributed by atoms with Crippen LogP contribution in [0.15, 0.2) is 212 Å². The van der Waals surface area contributed by atoms with Gasteiger partial charge in [-0.25, -0.2) is 0 Å². The molecule has 0 aliphatic heterocycles. The zero-order valence-corrected chi connectivity index (χ0v) is 35.0. The van der Waals surface area contributed by atoms with Crippen LogP contribution >= 0.6 is 0 Å². The van der Waals surface area contributed by atoms with E-state index in [1.165, 1.54) is 104 Å². The second kappa shape index (κ2) is 13.6. The summed E-state index contributed by atoms with van der Waals surface area (Å²) in [5.74, 6) is 0. The smallest absolute Gasteiger partial charge is 0.0547 e. The van der Waals surface area contributed by atoms with Gasteiger partial charge in [-0.2, -0.15) is 0 Å². The summed E-state index contributed by atoms with van der Waals surface area (Å²) in [6.45, 7) is 0. The first-order valence-corrected chi connectivity index (χ1v) is 22.3. The lowest BCUT2D eigenvalue weighted by atomic mass is 9.95. The molecule has 0 atom stereocenters. The molecule has 0 amide bonds. The lowest BCUT2D eigenvalue weighted by molar-refractivity contribution is 0.888. The highest BCUT2D eigenvalue weighted by Crippen LogP contribution is 2.44. The van der Waals surface area contributed by atoms with E-state index >= 15 is 0 Å². The van der Waals surface area contributed by atoms with Gasteiger partial charge in [0.15, 0.2) is 0 Å². The highest BCUT2D eigenvalue weighted by atomic mass is 15.0. The third-order valence-electron chi connectivity index (χ3n) is 13.8. The van der Waals surface area contributed by atoms with Crippen molar-refractivity contribution in [1.29, 1.82) is 0 Å². The minimum Gasteiger partial charge on any atom is -0.313 e. The van der Waals surface area contributed by atoms with Gasteiger partial charge in [-0.3, -0.25) is 0 Å². The van der Waals surface area contributed by atoms with E-state index in [1.807, 2.05) is 0 Å². The van der Waals surface area contributed by atoms with E-state index in [0.29, 0.717) is 0 Å². The second-order valence-corrected chi connectivity index (χ2v) is 17.2. The van der Waals surface area contributed by atoms with E-state index in [0.717, 1.165) is 29.9 Å². The van der Waals surface area contributed by atoms with Gasteiger partial charge in [0.1, 0.15) is 0 Å². The Morgan fingerprint density at radius 2 is 0.625 bits per heavy atom. The SMILES string of the molecule is C1=Cc2c(n(-c3ccc(-n4c5ccccc5c5c(-c6cccc7c6c6ccccc6n7-c6ccc(-n7c8ccccc8c8ccccc87)cc6)cccc54)cc3)c3ccccc23)CC1. The van der Waals surface area contributed by atoms with Crippen LogP contribution in [0.4, 0.5) is 0 Å². The maximum Gasteiger partial charge on any atom is 0.0547 e. The Balaban J connectivity index is 0.927. The number of aromatic nitrogens is 4. The molecule has 0 N–H and O–H groups in total. The van der Waals surface area contributed by atoms with Gasteiger partial charge < -0.3 is 18.3 Å². The molecule has 300 valence electrons. The first-order chi connectivity index (χ1) is 31.8. The number of rotatable bonds is 5. The summed E-state index contributed by atoms with van der Waals surface area (Å²) in [7, 11) is 0. The standard InChI is InChI=1S/C60H40N4/c1-7-23-51-43(15-1)44-16-2-8-24-52(44)61(51)39-31-35-41(36-32-39)63-55-27-11-5-19-49(55)59-47(21-13-29-57(59)63)48-22-14-30-58-60(48)50-20-6-12-28-56(50)64(58)42-37-33-40(34-38-42)62-53-25-9-3-17-45(53)46-18-4-10-26-54(46)62/h1-9,11-25,27-38H,10,26H2. The number of hydrogen-bond donors (Lipinski definition) is 0. The summed E-state index contributed by atoms with van der Waals surface area (Å²) >= 11 is 0. The van der Waals surface area contributed by atoms with Crippen LogP contribution in [-0.2, 0) is 6.42 Å². The minimum absolute atomic E-state index is 1.04. The Morgan fingerprint density at radius 3 is 1.09 bits per heavy atom. The second-order valence-electron chi connectivity index (χ2n) is 17.2. The molecule has 0 fully saturated rings. The number of nitrogens with zero attached hydrogens (tertiary/aromatic N) is 4. The quantitative estimate of drug-likeness (QED) is 0.165. The van der Waals surface area contributed by atoms with Gasteiger partial charge >= 0.3 is 0 Å². The summed E-state index contributed by atoms with van der Waals surface area (Å²) in [6.07, 6.45) is 6.73. The molecule has 9 aromatic carbocycles. The Kier molecular flexibility index (Phi) is 7.48. The molecule has 0 radical (unpaired) electrons. The van der Waals surface area contributed by atoms with E-state index in [4.69, 9.17) is 0 Å². The molecule has 13 aromatic rings. The van der Waals surface area contributed by atoms with Crippen molar-refractivity contribution in [3.8, 4) is 33.9 Å². The van der Waals surface area contributed by atoms with Gasteiger partial charge in [-0.15, -0.1) is 0 Å². The van der Waals surface area contributed by atoms with Crippen molar-refractivity contribution in [3.05, 3.63) is 224 Å². The molecular formula is C60H40N4. The topological polar surface area (TPSA) is 19.7 Å². The van der Waals surface area contributed by atoms with Crippen LogP contribution < -0.4 is 0 Å². The fourth-order valence-electron chi connectivity index (χ4n) is 11.2. The molecule has 0 saturated carbocycles. The van der Waals surface area contributed by atoms with E-state index in [9.17, 15) is 0 Å². The molecule has 0 unspecified atom stereocenters. The summed E-state index contributed by atoms with van der Waals surface area (Å²) in [5, 5.41) is 8.87. The number of fused-ring (bicyclic) bond motifs is 12. The van der Waals surface area contributed by atoms with E-state index in [1.54, 1.807) is 0 Å². The van der Waals surface area contributed by atoms with Gasteiger partial charge in [-0.05, 0) is 115 Å². The zero-order valence-electron chi connectivity index (χ0n) is 35.0. The van der Waals surface area contributed by atoms with Crippen LogP contribution in [0.25, 0.3) is 116 Å². The maximum atomic E-state index is 2.47. The van der Waals surface area contributed by atoms with Crippen molar-refractivity contribution in [2.45, 2.75) is 12.8 Å². The molecule has 1 aliphatic rings. The van der Waals surface area contributed by atoms with Gasteiger partial charge in [0.2, 0.25) is 0 Å². The van der Waals surface area contributed by atoms with Crippen LogP contribution in [0, 0.1) is 0 Å². The Morgan fingerprint density at radius 1 is 0.281 bits per heavy atom. The van der Waals surface area contributed by atoms with Crippen LogP contribution in [-0.4, -0.2) is 18.3 Å². The Hall–Kier alpha value is -8.34. The molecule has 0 spiro atoms. The summed E-state index contributed by atoms with van der Waals surface area (Å²) < 4.78 is 9.75. The average Bonchev–Trinajstić information content (AvgIpc) is 4.09. The Bertz CT molecular complexity index is 4000. The third kappa shape index (κ3) is 4.93. The molecule has 0 saturated heterocycles. The number of para-hydroxylation sites is 5. The van der Waals surface area contributed by atoms with Crippen molar-refractivity contribution in [3.63, 3.8) is 0 Å². The minimum atomic E-state index is 1.04. The normalized spacial score (nSPS) is 12.8. The van der Waals surface area contributed by atoms with E-state index in [2.05, 4.69) is 237 Å². The molecule has 14 rings (SSSR count). The number of hydrogen-bond acceptors (Lipinski definition) is 0. The molecule has 1 aliphatic carbocycles. The van der Waals surface area contributed by atoms with Gasteiger partial charge in [-0.1, -0.05) is 127 Å². The van der Waals surface area contributed by atoms with Crippen molar-refractivity contribution in [1.82, 2.24) is 18.3 Å². The van der Waals surface area contributed by atoms with Crippen LogP contribution in [0.5, 0.6) is 0 Å². The van der Waals surface area contributed by atoms with Crippen molar-refractivity contribution >= 4 is 82.4 Å². The van der Waals surface area contributed by atoms with Gasteiger partial charge in [0.05, 0.1) is 38.6 Å². The highest BCUT2D eigenvalue weighted by Gasteiger charge is 2.22. The molecular weight excluding hydrogens is 777 g/mol. The zero-order chi connectivity index (χ0) is 41.9. The third-order valence-corrected chi connectivity index (χ3v) is 13.8. The fraction of sp³-hybridized carbons (Fsp3) is 0.0333. The van der Waals surface area contributed by atoms with E-state index < -0.39 is 0 Å². The Labute approximate surface area is 369 Å². The molecule has 4 aromatic heterocycles. The molecule has 4 nitrogen and oxygen atoms in total. The summed E-state index contributed by atoms with van der Waals surface area (Å²) in [6, 6.07) is 76.0. The lowest BCUT2D eigenvalue weighted by Crippen LogP contribution is -2.03. The van der Waals surface area contributed by atoms with Gasteiger partial charge in [0, 0.05) is 71.7 Å². The van der Waals surface area contributed by atoms with Gasteiger partial charge in [0.25, 0.3) is 0 Å². The van der Waals surface area contributed by atoms with Crippen LogP contribution in [0.3, 0.4) is 0 Å². The van der Waals surface area contributed by atoms with Crippen molar-refractivity contribution in [2.75, 3.05) is 0 Å². The largest absolute Gasteiger partial charge is 0.313 e. The molecule has 0 bridgehead atoms. The summed E-state index contributed by atoms with van der Waals surface area (Å²) in [4.78, 5) is 0. The van der Waals surface area contributed by atoms with Crippen molar-refractivity contribution in [2.24, 2.45) is 0 Å². The van der Waals surface area contributed by atoms with Crippen LogP contribution in [0.1, 0.15) is 17.7 Å². The first kappa shape index (κ1) is 35.3. The van der Waals surface area contributed by atoms with E-state index in [-0.39, 0.29) is 0 Å². The number of benzene rings is 9. The molecule has 4 heterocycles.